The lowest BCUT2D eigenvalue weighted by molar-refractivity contribution is -0.120. The summed E-state index contributed by atoms with van der Waals surface area (Å²) in [5.41, 5.74) is 2.34. The van der Waals surface area contributed by atoms with Crippen LogP contribution in [-0.2, 0) is 22.7 Å². The van der Waals surface area contributed by atoms with Crippen LogP contribution >= 0.6 is 11.6 Å². The molecule has 2 aromatic carbocycles. The molecule has 0 unspecified atom stereocenters. The standard InChI is InChI=1S/C18H19ClN2O3/c1-24-12-14-7-3-2-6-13(14)10-20-17(22)11-21-18(23)15-8-4-5-9-16(15)19/h2-9H,10-12H2,1H3,(H,20,22)(H,21,23). The number of hydrogen-bond acceptors (Lipinski definition) is 3. The maximum absolute atomic E-state index is 12.0. The molecule has 0 bridgehead atoms. The summed E-state index contributed by atoms with van der Waals surface area (Å²) in [4.78, 5) is 23.9. The molecule has 0 fully saturated rings. The zero-order valence-corrected chi connectivity index (χ0v) is 14.1. The summed E-state index contributed by atoms with van der Waals surface area (Å²) in [5.74, 6) is -0.654. The number of nitrogens with one attached hydrogen (secondary N) is 2. The van der Waals surface area contributed by atoms with E-state index in [2.05, 4.69) is 10.6 Å². The topological polar surface area (TPSA) is 67.4 Å². The first-order chi connectivity index (χ1) is 11.6. The lowest BCUT2D eigenvalue weighted by Gasteiger charge is -2.11. The van der Waals surface area contributed by atoms with Crippen molar-refractivity contribution >= 4 is 23.4 Å². The maximum Gasteiger partial charge on any atom is 0.253 e. The highest BCUT2D eigenvalue weighted by molar-refractivity contribution is 6.33. The Morgan fingerprint density at radius 3 is 2.38 bits per heavy atom. The molecule has 0 aliphatic heterocycles. The van der Waals surface area contributed by atoms with Crippen molar-refractivity contribution in [1.82, 2.24) is 10.6 Å². The van der Waals surface area contributed by atoms with E-state index in [1.165, 1.54) is 0 Å². The maximum atomic E-state index is 12.0. The van der Waals surface area contributed by atoms with E-state index in [1.807, 2.05) is 24.3 Å². The number of carbonyl (C=O) groups excluding carboxylic acids is 2. The molecular weight excluding hydrogens is 328 g/mol. The van der Waals surface area contributed by atoms with E-state index in [9.17, 15) is 9.59 Å². The van der Waals surface area contributed by atoms with Gasteiger partial charge in [-0.1, -0.05) is 48.0 Å². The molecule has 24 heavy (non-hydrogen) atoms. The Morgan fingerprint density at radius 1 is 1.00 bits per heavy atom. The van der Waals surface area contributed by atoms with Gasteiger partial charge in [0.1, 0.15) is 0 Å². The van der Waals surface area contributed by atoms with E-state index < -0.39 is 0 Å². The van der Waals surface area contributed by atoms with E-state index in [0.29, 0.717) is 23.7 Å². The van der Waals surface area contributed by atoms with Crippen LogP contribution in [0.4, 0.5) is 0 Å². The monoisotopic (exact) mass is 346 g/mol. The fraction of sp³-hybridized carbons (Fsp3) is 0.222. The van der Waals surface area contributed by atoms with Crippen LogP contribution in [0.5, 0.6) is 0 Å². The molecule has 2 aromatic rings. The lowest BCUT2D eigenvalue weighted by atomic mass is 10.1. The van der Waals surface area contributed by atoms with Gasteiger partial charge in [-0.2, -0.15) is 0 Å². The molecule has 0 radical (unpaired) electrons. The van der Waals surface area contributed by atoms with Gasteiger partial charge in [-0.3, -0.25) is 9.59 Å². The van der Waals surface area contributed by atoms with Crippen molar-refractivity contribution in [2.45, 2.75) is 13.2 Å². The quantitative estimate of drug-likeness (QED) is 0.809. The number of carbonyl (C=O) groups is 2. The van der Waals surface area contributed by atoms with Crippen LogP contribution in [0.1, 0.15) is 21.5 Å². The van der Waals surface area contributed by atoms with Gasteiger partial charge in [0.25, 0.3) is 5.91 Å². The van der Waals surface area contributed by atoms with Crippen LogP contribution in [0.25, 0.3) is 0 Å². The van der Waals surface area contributed by atoms with Crippen LogP contribution in [0.2, 0.25) is 5.02 Å². The molecule has 2 N–H and O–H groups in total. The minimum absolute atomic E-state index is 0.115. The van der Waals surface area contributed by atoms with Crippen molar-refractivity contribution in [3.05, 3.63) is 70.2 Å². The summed E-state index contributed by atoms with van der Waals surface area (Å²) in [6.45, 7) is 0.742. The second-order valence-corrected chi connectivity index (χ2v) is 5.55. The molecule has 2 amide bonds. The van der Waals surface area contributed by atoms with Crippen molar-refractivity contribution in [1.29, 1.82) is 0 Å². The number of amides is 2. The molecular formula is C18H19ClN2O3. The number of benzene rings is 2. The van der Waals surface area contributed by atoms with E-state index in [1.54, 1.807) is 31.4 Å². The Bertz CT molecular complexity index is 719. The van der Waals surface area contributed by atoms with Gasteiger partial charge < -0.3 is 15.4 Å². The number of ether oxygens (including phenoxy) is 1. The Kier molecular flexibility index (Phi) is 6.78. The van der Waals surface area contributed by atoms with Gasteiger partial charge in [0.15, 0.2) is 0 Å². The Hall–Kier alpha value is -2.37. The van der Waals surface area contributed by atoms with Gasteiger partial charge in [-0.15, -0.1) is 0 Å². The third kappa shape index (κ3) is 5.08. The summed E-state index contributed by atoms with van der Waals surface area (Å²) in [6, 6.07) is 14.4. The molecule has 2 rings (SSSR count). The van der Waals surface area contributed by atoms with Crippen molar-refractivity contribution in [2.24, 2.45) is 0 Å². The summed E-state index contributed by atoms with van der Waals surface area (Å²) < 4.78 is 5.13. The van der Waals surface area contributed by atoms with Gasteiger partial charge in [0.2, 0.25) is 5.91 Å². The average Bonchev–Trinajstić information content (AvgIpc) is 2.59. The van der Waals surface area contributed by atoms with E-state index in [0.717, 1.165) is 11.1 Å². The third-order valence-corrected chi connectivity index (χ3v) is 3.75. The molecule has 0 aliphatic rings. The predicted octanol–water partition coefficient (Wildman–Crippen LogP) is 2.53. The summed E-state index contributed by atoms with van der Waals surface area (Å²) >= 11 is 5.95. The second-order valence-electron chi connectivity index (χ2n) is 5.14. The minimum Gasteiger partial charge on any atom is -0.380 e. The lowest BCUT2D eigenvalue weighted by Crippen LogP contribution is -2.36. The first-order valence-electron chi connectivity index (χ1n) is 7.47. The molecule has 0 aliphatic carbocycles. The van der Waals surface area contributed by atoms with E-state index >= 15 is 0 Å². The highest BCUT2D eigenvalue weighted by atomic mass is 35.5. The normalized spacial score (nSPS) is 10.2. The van der Waals surface area contributed by atoms with E-state index in [-0.39, 0.29) is 18.4 Å². The molecule has 0 saturated heterocycles. The fourth-order valence-electron chi connectivity index (χ4n) is 2.18. The number of hydrogen-bond donors (Lipinski definition) is 2. The molecule has 0 aromatic heterocycles. The largest absolute Gasteiger partial charge is 0.380 e. The zero-order valence-electron chi connectivity index (χ0n) is 13.3. The predicted molar refractivity (Wildman–Crippen MR) is 92.8 cm³/mol. The summed E-state index contributed by atoms with van der Waals surface area (Å²) in [5, 5.41) is 5.68. The van der Waals surface area contributed by atoms with Gasteiger partial charge in [0.05, 0.1) is 23.7 Å². The second kappa shape index (κ2) is 9.05. The number of halogens is 1. The fourth-order valence-corrected chi connectivity index (χ4v) is 2.41. The third-order valence-electron chi connectivity index (χ3n) is 3.42. The molecule has 0 saturated carbocycles. The number of rotatable bonds is 7. The highest BCUT2D eigenvalue weighted by Gasteiger charge is 2.11. The van der Waals surface area contributed by atoms with Gasteiger partial charge in [-0.05, 0) is 23.3 Å². The molecule has 0 atom stereocenters. The van der Waals surface area contributed by atoms with E-state index in [4.69, 9.17) is 16.3 Å². The molecule has 0 spiro atoms. The molecule has 5 nitrogen and oxygen atoms in total. The highest BCUT2D eigenvalue weighted by Crippen LogP contribution is 2.14. The SMILES string of the molecule is COCc1ccccc1CNC(=O)CNC(=O)c1ccccc1Cl. The summed E-state index contributed by atoms with van der Waals surface area (Å²) in [7, 11) is 1.62. The molecule has 6 heteroatoms. The van der Waals surface area contributed by atoms with Crippen LogP contribution in [0.15, 0.2) is 48.5 Å². The van der Waals surface area contributed by atoms with Crippen molar-refractivity contribution in [3.8, 4) is 0 Å². The number of methoxy groups -OCH3 is 1. The molecule has 0 heterocycles. The van der Waals surface area contributed by atoms with Crippen molar-refractivity contribution in [2.75, 3.05) is 13.7 Å². The van der Waals surface area contributed by atoms with Gasteiger partial charge >= 0.3 is 0 Å². The van der Waals surface area contributed by atoms with Crippen LogP contribution in [0, 0.1) is 0 Å². The summed E-state index contributed by atoms with van der Waals surface area (Å²) in [6.07, 6.45) is 0. The van der Waals surface area contributed by atoms with Crippen LogP contribution in [0.3, 0.4) is 0 Å². The first kappa shape index (κ1) is 18.0. The van der Waals surface area contributed by atoms with Crippen LogP contribution < -0.4 is 10.6 Å². The van der Waals surface area contributed by atoms with Gasteiger partial charge in [-0.25, -0.2) is 0 Å². The Balaban J connectivity index is 1.84. The zero-order chi connectivity index (χ0) is 17.4. The first-order valence-corrected chi connectivity index (χ1v) is 7.84. The Morgan fingerprint density at radius 2 is 1.67 bits per heavy atom. The average molecular weight is 347 g/mol. The Labute approximate surface area is 146 Å². The minimum atomic E-state index is -0.379. The van der Waals surface area contributed by atoms with Crippen molar-refractivity contribution < 1.29 is 14.3 Å². The molecule has 126 valence electrons. The smallest absolute Gasteiger partial charge is 0.253 e. The van der Waals surface area contributed by atoms with Crippen LogP contribution in [-0.4, -0.2) is 25.5 Å². The van der Waals surface area contributed by atoms with Gasteiger partial charge in [0, 0.05) is 13.7 Å². The van der Waals surface area contributed by atoms with Crippen molar-refractivity contribution in [3.63, 3.8) is 0 Å².